The molecule has 2 aromatic rings. The summed E-state index contributed by atoms with van der Waals surface area (Å²) >= 11 is 0. The normalized spacial score (nSPS) is 25.3. The molecule has 3 aliphatic rings. The van der Waals surface area contributed by atoms with Crippen molar-refractivity contribution in [2.24, 2.45) is 4.99 Å². The number of fused-ring (bicyclic) bond motifs is 2. The summed E-state index contributed by atoms with van der Waals surface area (Å²) in [4.78, 5) is 24.7. The number of nitrogens with zero attached hydrogens (tertiary/aromatic N) is 3. The molecule has 1 aromatic carbocycles. The molecule has 1 aliphatic carbocycles. The first-order chi connectivity index (χ1) is 15.4. The monoisotopic (exact) mass is 438 g/mol. The van der Waals surface area contributed by atoms with Crippen molar-refractivity contribution in [2.45, 2.75) is 18.1 Å². The number of nitrogens with one attached hydrogen (secondary N) is 2. The Kier molecular flexibility index (Phi) is 5.22. The number of aliphatic imine (C=N–C) groups is 1. The Morgan fingerprint density at radius 3 is 3.06 bits per heavy atom. The summed E-state index contributed by atoms with van der Waals surface area (Å²) in [6.07, 6.45) is 6.17. The number of aromatic nitrogens is 1. The zero-order chi connectivity index (χ0) is 22.4. The fraction of sp³-hybridized carbons (Fsp3) is 0.391. The highest BCUT2D eigenvalue weighted by atomic mass is 19.1. The molecule has 3 atom stereocenters. The molecule has 8 nitrogen and oxygen atoms in total. The number of hydrogen-bond donors (Lipinski definition) is 3. The highest BCUT2D eigenvalue weighted by Gasteiger charge is 2.32. The van der Waals surface area contributed by atoms with Crippen LogP contribution in [-0.4, -0.2) is 79.1 Å². The number of anilines is 1. The number of benzene rings is 1. The molecule has 3 heterocycles. The van der Waals surface area contributed by atoms with Gasteiger partial charge in [0.1, 0.15) is 17.2 Å². The zero-order valence-electron chi connectivity index (χ0n) is 18.1. The number of allylic oxidation sites excluding steroid dienone is 1. The number of rotatable bonds is 4. The topological polar surface area (TPSA) is 99.0 Å². The number of likely N-dealkylation sites (N-methyl/N-ethyl adjacent to an activating group) is 2. The SMILES string of the molecule is CN(CC1COCCN1C)C1=CC2NC(c3c(N)c4c(F)cccc4[nH]c3=O)=NC2C=C1. The number of hydrogen-bond acceptors (Lipinski definition) is 7. The lowest BCUT2D eigenvalue weighted by atomic mass is 10.0. The van der Waals surface area contributed by atoms with E-state index in [1.54, 1.807) is 6.07 Å². The van der Waals surface area contributed by atoms with Crippen LogP contribution in [0.5, 0.6) is 0 Å². The van der Waals surface area contributed by atoms with Gasteiger partial charge in [-0.1, -0.05) is 12.1 Å². The van der Waals surface area contributed by atoms with Gasteiger partial charge in [0, 0.05) is 25.8 Å². The highest BCUT2D eigenvalue weighted by molar-refractivity contribution is 6.09. The van der Waals surface area contributed by atoms with E-state index in [2.05, 4.69) is 45.3 Å². The van der Waals surface area contributed by atoms with Gasteiger partial charge in [-0.25, -0.2) is 4.39 Å². The maximum absolute atomic E-state index is 14.4. The van der Waals surface area contributed by atoms with Gasteiger partial charge >= 0.3 is 0 Å². The van der Waals surface area contributed by atoms with Crippen molar-refractivity contribution >= 4 is 22.4 Å². The van der Waals surface area contributed by atoms with E-state index in [-0.39, 0.29) is 28.7 Å². The van der Waals surface area contributed by atoms with Crippen LogP contribution in [0.3, 0.4) is 0 Å². The Morgan fingerprint density at radius 1 is 1.41 bits per heavy atom. The van der Waals surface area contributed by atoms with Gasteiger partial charge in [-0.2, -0.15) is 0 Å². The average Bonchev–Trinajstić information content (AvgIpc) is 3.17. The van der Waals surface area contributed by atoms with Crippen LogP contribution < -0.4 is 16.6 Å². The molecule has 3 unspecified atom stereocenters. The third-order valence-electron chi connectivity index (χ3n) is 6.48. The number of ether oxygens (including phenoxy) is 1. The molecule has 9 heteroatoms. The lowest BCUT2D eigenvalue weighted by Crippen LogP contribution is -2.48. The summed E-state index contributed by atoms with van der Waals surface area (Å²) in [6.45, 7) is 3.26. The van der Waals surface area contributed by atoms with Crippen molar-refractivity contribution in [1.82, 2.24) is 20.1 Å². The van der Waals surface area contributed by atoms with Crippen LogP contribution in [0.15, 0.2) is 51.9 Å². The maximum Gasteiger partial charge on any atom is 0.261 e. The highest BCUT2D eigenvalue weighted by Crippen LogP contribution is 2.27. The number of halogens is 1. The minimum Gasteiger partial charge on any atom is -0.397 e. The molecule has 168 valence electrons. The van der Waals surface area contributed by atoms with E-state index >= 15 is 0 Å². The molecular weight excluding hydrogens is 411 g/mol. The van der Waals surface area contributed by atoms with Crippen LogP contribution in [0, 0.1) is 5.82 Å². The molecule has 5 rings (SSSR count). The molecule has 4 N–H and O–H groups in total. The molecular formula is C23H27FN6O2. The second-order valence-electron chi connectivity index (χ2n) is 8.58. The van der Waals surface area contributed by atoms with Gasteiger partial charge in [0.2, 0.25) is 0 Å². The fourth-order valence-corrected chi connectivity index (χ4v) is 4.56. The van der Waals surface area contributed by atoms with Crippen LogP contribution in [0.2, 0.25) is 0 Å². The van der Waals surface area contributed by atoms with Gasteiger partial charge < -0.3 is 25.7 Å². The Labute approximate surface area is 185 Å². The molecule has 0 bridgehead atoms. The van der Waals surface area contributed by atoms with E-state index in [4.69, 9.17) is 10.5 Å². The predicted molar refractivity (Wildman–Crippen MR) is 123 cm³/mol. The van der Waals surface area contributed by atoms with Crippen molar-refractivity contribution in [1.29, 1.82) is 0 Å². The third-order valence-corrected chi connectivity index (χ3v) is 6.48. The van der Waals surface area contributed by atoms with Gasteiger partial charge in [0.15, 0.2) is 0 Å². The van der Waals surface area contributed by atoms with Gasteiger partial charge in [0.05, 0.1) is 47.9 Å². The summed E-state index contributed by atoms with van der Waals surface area (Å²) in [5.74, 6) is -0.0944. The van der Waals surface area contributed by atoms with Crippen LogP contribution >= 0.6 is 0 Å². The van der Waals surface area contributed by atoms with Crippen molar-refractivity contribution in [3.05, 3.63) is 63.9 Å². The molecule has 1 fully saturated rings. The number of nitrogen functional groups attached to an aromatic ring is 1. The number of nitrogens with two attached hydrogens (primary N) is 1. The van der Waals surface area contributed by atoms with Crippen LogP contribution in [-0.2, 0) is 4.74 Å². The van der Waals surface area contributed by atoms with Gasteiger partial charge in [-0.15, -0.1) is 0 Å². The van der Waals surface area contributed by atoms with Crippen molar-refractivity contribution < 1.29 is 9.13 Å². The lowest BCUT2D eigenvalue weighted by molar-refractivity contribution is -0.00158. The van der Waals surface area contributed by atoms with Gasteiger partial charge in [0.25, 0.3) is 5.56 Å². The second kappa shape index (κ2) is 8.07. The first-order valence-electron chi connectivity index (χ1n) is 10.8. The van der Waals surface area contributed by atoms with E-state index in [1.165, 1.54) is 12.1 Å². The molecule has 0 amide bonds. The Morgan fingerprint density at radius 2 is 2.25 bits per heavy atom. The molecule has 0 radical (unpaired) electrons. The first-order valence-corrected chi connectivity index (χ1v) is 10.8. The molecule has 32 heavy (non-hydrogen) atoms. The zero-order valence-corrected chi connectivity index (χ0v) is 18.1. The smallest absolute Gasteiger partial charge is 0.261 e. The molecule has 1 saturated heterocycles. The van der Waals surface area contributed by atoms with Crippen LogP contribution in [0.1, 0.15) is 5.56 Å². The van der Waals surface area contributed by atoms with Crippen molar-refractivity contribution in [3.63, 3.8) is 0 Å². The number of morpholine rings is 1. The molecule has 0 spiro atoms. The van der Waals surface area contributed by atoms with E-state index < -0.39 is 11.4 Å². The number of aromatic amines is 1. The summed E-state index contributed by atoms with van der Waals surface area (Å²) in [7, 11) is 4.18. The van der Waals surface area contributed by atoms with Gasteiger partial charge in [-0.05, 0) is 31.3 Å². The summed E-state index contributed by atoms with van der Waals surface area (Å²) in [5.41, 5.74) is 7.56. The molecule has 0 saturated carbocycles. The Balaban J connectivity index is 1.38. The number of pyridine rings is 1. The summed E-state index contributed by atoms with van der Waals surface area (Å²) < 4.78 is 20.0. The second-order valence-corrected chi connectivity index (χ2v) is 8.58. The average molecular weight is 439 g/mol. The predicted octanol–water partition coefficient (Wildman–Crippen LogP) is 1.05. The standard InChI is InChI=1S/C23H27FN6O2/c1-29-8-9-32-12-14(29)11-30(2)13-6-7-16-18(10-13)27-22(26-16)20-21(25)19-15(24)4-3-5-17(19)28-23(20)31/h3-7,10,14,16,18H,8-9,11-12H2,1-2H3,(H,26,27)(H3,25,28,31). The van der Waals surface area contributed by atoms with Crippen LogP contribution in [0.4, 0.5) is 10.1 Å². The number of amidine groups is 1. The largest absolute Gasteiger partial charge is 0.397 e. The fourth-order valence-electron chi connectivity index (χ4n) is 4.56. The molecule has 1 aromatic heterocycles. The molecule has 2 aliphatic heterocycles. The minimum absolute atomic E-state index is 0.0948. The van der Waals surface area contributed by atoms with E-state index in [9.17, 15) is 9.18 Å². The Bertz CT molecular complexity index is 1200. The quantitative estimate of drug-likeness (QED) is 0.660. The van der Waals surface area contributed by atoms with E-state index in [1.807, 2.05) is 12.2 Å². The van der Waals surface area contributed by atoms with Crippen LogP contribution in [0.25, 0.3) is 10.9 Å². The maximum atomic E-state index is 14.4. The minimum atomic E-state index is -0.478. The lowest BCUT2D eigenvalue weighted by Gasteiger charge is -2.36. The van der Waals surface area contributed by atoms with Gasteiger partial charge in [-0.3, -0.25) is 14.7 Å². The third kappa shape index (κ3) is 3.57. The summed E-state index contributed by atoms with van der Waals surface area (Å²) in [6, 6.07) is 4.56. The van der Waals surface area contributed by atoms with Crippen molar-refractivity contribution in [3.8, 4) is 0 Å². The van der Waals surface area contributed by atoms with E-state index in [0.717, 1.165) is 32.0 Å². The summed E-state index contributed by atoms with van der Waals surface area (Å²) in [5, 5.41) is 3.51. The first kappa shape index (κ1) is 20.7. The Hall–Kier alpha value is -3.17. The number of H-pyrrole nitrogens is 1. The van der Waals surface area contributed by atoms with Crippen molar-refractivity contribution in [2.75, 3.05) is 46.1 Å². The van der Waals surface area contributed by atoms with E-state index in [0.29, 0.717) is 17.4 Å².